The number of amides is 1. The monoisotopic (exact) mass is 507 g/mol. The molecule has 4 rings (SSSR count). The van der Waals surface area contributed by atoms with Crippen LogP contribution in [0.1, 0.15) is 11.1 Å². The first kappa shape index (κ1) is 24.1. The van der Waals surface area contributed by atoms with Crippen LogP contribution in [0, 0.1) is 17.0 Å². The number of benzene rings is 3. The molecule has 0 aliphatic rings. The predicted molar refractivity (Wildman–Crippen MR) is 137 cm³/mol. The van der Waals surface area contributed by atoms with Crippen molar-refractivity contribution in [2.24, 2.45) is 5.10 Å². The summed E-state index contributed by atoms with van der Waals surface area (Å²) in [5.74, 6) is -0.526. The van der Waals surface area contributed by atoms with Gasteiger partial charge in [0.2, 0.25) is 0 Å². The van der Waals surface area contributed by atoms with E-state index in [1.165, 1.54) is 29.0 Å². The Balaban J connectivity index is 1.54. The third kappa shape index (κ3) is 5.56. The van der Waals surface area contributed by atoms with Crippen molar-refractivity contribution < 1.29 is 9.72 Å². The fraction of sp³-hybridized carbons (Fsp3) is 0.0833. The molecule has 0 radical (unpaired) electrons. The van der Waals surface area contributed by atoms with E-state index in [9.17, 15) is 19.7 Å². The van der Waals surface area contributed by atoms with Gasteiger partial charge in [0, 0.05) is 22.7 Å². The van der Waals surface area contributed by atoms with Crippen molar-refractivity contribution in [3.63, 3.8) is 0 Å². The fourth-order valence-corrected chi connectivity index (χ4v) is 4.18. The van der Waals surface area contributed by atoms with E-state index in [0.29, 0.717) is 27.3 Å². The molecule has 0 saturated carbocycles. The number of aromatic nitrogens is 2. The highest BCUT2D eigenvalue weighted by atomic mass is 35.5. The molecule has 3 aromatic carbocycles. The number of hydrogen-bond donors (Lipinski definition) is 1. The highest BCUT2D eigenvalue weighted by Gasteiger charge is 2.15. The minimum Gasteiger partial charge on any atom is -0.272 e. The molecule has 1 N–H and O–H groups in total. The van der Waals surface area contributed by atoms with Crippen LogP contribution in [0.2, 0.25) is 5.02 Å². The van der Waals surface area contributed by atoms with E-state index >= 15 is 0 Å². The van der Waals surface area contributed by atoms with Crippen LogP contribution >= 0.6 is 23.4 Å². The summed E-state index contributed by atoms with van der Waals surface area (Å²) in [6.45, 7) is 1.95. The summed E-state index contributed by atoms with van der Waals surface area (Å²) in [6.07, 6.45) is 1.23. The van der Waals surface area contributed by atoms with E-state index in [4.69, 9.17) is 11.6 Å². The van der Waals surface area contributed by atoms with E-state index < -0.39 is 10.8 Å². The van der Waals surface area contributed by atoms with Gasteiger partial charge in [-0.2, -0.15) is 5.10 Å². The normalized spacial score (nSPS) is 11.1. The number of para-hydroxylation sites is 1. The lowest BCUT2D eigenvalue weighted by atomic mass is 10.2. The first-order chi connectivity index (χ1) is 16.8. The average Bonchev–Trinajstić information content (AvgIpc) is 2.84. The predicted octanol–water partition coefficient (Wildman–Crippen LogP) is 4.50. The highest BCUT2D eigenvalue weighted by Crippen LogP contribution is 2.22. The van der Waals surface area contributed by atoms with Crippen LogP contribution < -0.4 is 11.0 Å². The number of fused-ring (bicyclic) bond motifs is 1. The Labute approximate surface area is 208 Å². The topological polar surface area (TPSA) is 119 Å². The van der Waals surface area contributed by atoms with Crippen molar-refractivity contribution in [3.05, 3.63) is 103 Å². The smallest absolute Gasteiger partial charge is 0.270 e. The molecule has 1 amide bonds. The van der Waals surface area contributed by atoms with Crippen LogP contribution in [-0.2, 0) is 4.79 Å². The van der Waals surface area contributed by atoms with Gasteiger partial charge in [0.1, 0.15) is 0 Å². The van der Waals surface area contributed by atoms with Gasteiger partial charge in [0.15, 0.2) is 5.16 Å². The summed E-state index contributed by atoms with van der Waals surface area (Å²) in [5.41, 5.74) is 4.49. The number of thioether (sulfide) groups is 1. The molecular weight excluding hydrogens is 490 g/mol. The number of rotatable bonds is 7. The van der Waals surface area contributed by atoms with E-state index in [2.05, 4.69) is 15.5 Å². The maximum absolute atomic E-state index is 13.2. The van der Waals surface area contributed by atoms with Gasteiger partial charge in [-0.25, -0.2) is 10.4 Å². The number of nitro benzene ring substituents is 1. The second kappa shape index (κ2) is 10.5. The average molecular weight is 508 g/mol. The number of aryl methyl sites for hydroxylation is 1. The number of hydrazone groups is 1. The van der Waals surface area contributed by atoms with Crippen molar-refractivity contribution in [1.82, 2.24) is 15.0 Å². The van der Waals surface area contributed by atoms with Gasteiger partial charge in [-0.1, -0.05) is 53.2 Å². The molecule has 35 heavy (non-hydrogen) atoms. The van der Waals surface area contributed by atoms with Crippen LogP contribution in [0.4, 0.5) is 5.69 Å². The number of halogens is 1. The Morgan fingerprint density at radius 2 is 1.94 bits per heavy atom. The number of nitrogens with one attached hydrogen (secondary N) is 1. The van der Waals surface area contributed by atoms with Gasteiger partial charge in [-0.15, -0.1) is 0 Å². The van der Waals surface area contributed by atoms with Crippen LogP contribution in [-0.4, -0.2) is 32.3 Å². The van der Waals surface area contributed by atoms with E-state index in [1.807, 2.05) is 31.2 Å². The van der Waals surface area contributed by atoms with Crippen molar-refractivity contribution in [2.45, 2.75) is 12.1 Å². The van der Waals surface area contributed by atoms with Crippen LogP contribution in [0.5, 0.6) is 0 Å². The van der Waals surface area contributed by atoms with Crippen LogP contribution in [0.15, 0.2) is 81.8 Å². The molecule has 0 spiro atoms. The van der Waals surface area contributed by atoms with Gasteiger partial charge in [0.05, 0.1) is 33.5 Å². The molecule has 0 saturated heterocycles. The molecule has 0 aliphatic heterocycles. The van der Waals surface area contributed by atoms with Gasteiger partial charge in [-0.05, 0) is 37.3 Å². The molecule has 1 heterocycles. The molecule has 0 fully saturated rings. The van der Waals surface area contributed by atoms with E-state index in [0.717, 1.165) is 17.3 Å². The number of hydrogen-bond acceptors (Lipinski definition) is 7. The molecule has 0 aliphatic carbocycles. The number of non-ortho nitro benzene ring substituents is 1. The molecule has 1 aromatic heterocycles. The lowest BCUT2D eigenvalue weighted by Crippen LogP contribution is -2.24. The Morgan fingerprint density at radius 3 is 2.69 bits per heavy atom. The Kier molecular flexibility index (Phi) is 7.23. The lowest BCUT2D eigenvalue weighted by molar-refractivity contribution is -0.384. The summed E-state index contributed by atoms with van der Waals surface area (Å²) >= 11 is 7.12. The first-order valence-corrected chi connectivity index (χ1v) is 11.7. The Bertz CT molecular complexity index is 1520. The van der Waals surface area contributed by atoms with Gasteiger partial charge < -0.3 is 0 Å². The standard InChI is InChI=1S/C24H18ClN5O4S/c1-15-6-8-17(9-7-15)29-23(32)19-4-2-3-5-21(19)27-24(29)35-14-22(31)28-26-13-16-12-18(30(33)34)10-11-20(16)25/h2-13H,14H2,1H3,(H,28,31). The quantitative estimate of drug-likeness (QED) is 0.129. The molecular formula is C24H18ClN5O4S. The summed E-state index contributed by atoms with van der Waals surface area (Å²) in [5, 5.41) is 15.9. The molecule has 11 heteroatoms. The van der Waals surface area contributed by atoms with E-state index in [-0.39, 0.29) is 22.0 Å². The number of nitrogens with zero attached hydrogens (tertiary/aromatic N) is 4. The second-order valence-corrected chi connectivity index (χ2v) is 8.78. The zero-order valence-corrected chi connectivity index (χ0v) is 19.9. The van der Waals surface area contributed by atoms with Crippen molar-refractivity contribution in [3.8, 4) is 5.69 Å². The maximum atomic E-state index is 13.2. The van der Waals surface area contributed by atoms with Crippen LogP contribution in [0.3, 0.4) is 0 Å². The molecule has 0 unspecified atom stereocenters. The number of nitro groups is 1. The third-order valence-electron chi connectivity index (χ3n) is 4.95. The van der Waals surface area contributed by atoms with Crippen molar-refractivity contribution >= 4 is 52.1 Å². The molecule has 0 bridgehead atoms. The highest BCUT2D eigenvalue weighted by molar-refractivity contribution is 7.99. The van der Waals surface area contributed by atoms with Crippen LogP contribution in [0.25, 0.3) is 16.6 Å². The van der Waals surface area contributed by atoms with Crippen molar-refractivity contribution in [2.75, 3.05) is 5.75 Å². The minimum absolute atomic E-state index is 0.0728. The summed E-state index contributed by atoms with van der Waals surface area (Å²) in [4.78, 5) is 40.6. The third-order valence-corrected chi connectivity index (χ3v) is 6.24. The van der Waals surface area contributed by atoms with Crippen molar-refractivity contribution in [1.29, 1.82) is 0 Å². The number of carbonyl (C=O) groups excluding carboxylic acids is 1. The summed E-state index contributed by atoms with van der Waals surface area (Å²) in [7, 11) is 0. The van der Waals surface area contributed by atoms with Gasteiger partial charge >= 0.3 is 0 Å². The Hall–Kier alpha value is -4.02. The molecule has 9 nitrogen and oxygen atoms in total. The molecule has 0 atom stereocenters. The minimum atomic E-state index is -0.549. The SMILES string of the molecule is Cc1ccc(-n2c(SCC(=O)NN=Cc3cc([N+](=O)[O-])ccc3Cl)nc3ccccc3c2=O)cc1. The second-order valence-electron chi connectivity index (χ2n) is 7.43. The Morgan fingerprint density at radius 1 is 1.20 bits per heavy atom. The molecule has 4 aromatic rings. The van der Waals surface area contributed by atoms with E-state index in [1.54, 1.807) is 24.3 Å². The zero-order chi connectivity index (χ0) is 24.9. The number of carbonyl (C=O) groups is 1. The van der Waals surface area contributed by atoms with Gasteiger partial charge in [0.25, 0.3) is 17.2 Å². The largest absolute Gasteiger partial charge is 0.272 e. The summed E-state index contributed by atoms with van der Waals surface area (Å²) in [6, 6.07) is 18.4. The zero-order valence-electron chi connectivity index (χ0n) is 18.3. The maximum Gasteiger partial charge on any atom is 0.270 e. The first-order valence-electron chi connectivity index (χ1n) is 10.3. The fourth-order valence-electron chi connectivity index (χ4n) is 3.21. The molecule has 176 valence electrons. The summed E-state index contributed by atoms with van der Waals surface area (Å²) < 4.78 is 1.48. The van der Waals surface area contributed by atoms with Gasteiger partial charge in [-0.3, -0.25) is 24.3 Å². The lowest BCUT2D eigenvalue weighted by Gasteiger charge is -2.13.